The van der Waals surface area contributed by atoms with Gasteiger partial charge in [0.2, 0.25) is 0 Å². The molecule has 0 aliphatic carbocycles. The Hall–Kier alpha value is -0.0500. The van der Waals surface area contributed by atoms with Gasteiger partial charge in [0.1, 0.15) is 0 Å². The number of hydrogen-bond donors (Lipinski definition) is 1. The van der Waals surface area contributed by atoms with Crippen LogP contribution in [0.25, 0.3) is 0 Å². The lowest BCUT2D eigenvalue weighted by Gasteiger charge is -2.23. The van der Waals surface area contributed by atoms with Crippen LogP contribution in [0.4, 0.5) is 0 Å². The van der Waals surface area contributed by atoms with Crippen molar-refractivity contribution >= 4 is 21.9 Å². The number of aliphatic carboxylic acids is 1. The molecule has 0 rings (SSSR count). The number of alkyl halides is 1. The second-order valence-electron chi connectivity index (χ2n) is 3.06. The molecule has 0 saturated heterocycles. The second kappa shape index (κ2) is 3.37. The fourth-order valence-corrected chi connectivity index (χ4v) is 0.667. The van der Waals surface area contributed by atoms with E-state index >= 15 is 0 Å². The average molecular weight is 209 g/mol. The van der Waals surface area contributed by atoms with Crippen LogP contribution in [-0.2, 0) is 4.79 Å². The topological polar surface area (TPSA) is 37.3 Å². The van der Waals surface area contributed by atoms with Gasteiger partial charge in [-0.3, -0.25) is 4.79 Å². The highest BCUT2D eigenvalue weighted by Crippen LogP contribution is 2.28. The molecule has 0 heterocycles. The van der Waals surface area contributed by atoms with Crippen LogP contribution in [0.5, 0.6) is 0 Å². The summed E-state index contributed by atoms with van der Waals surface area (Å²) in [6, 6.07) is 0. The summed E-state index contributed by atoms with van der Waals surface area (Å²) in [5.41, 5.74) is 0. The quantitative estimate of drug-likeness (QED) is 0.724. The molecule has 0 saturated carbocycles. The average Bonchev–Trinajstić information content (AvgIpc) is 1.60. The number of hydrogen-bond acceptors (Lipinski definition) is 1. The number of carboxylic acids is 1. The van der Waals surface area contributed by atoms with Crippen LogP contribution in [-0.4, -0.2) is 15.4 Å². The zero-order valence-corrected chi connectivity index (χ0v) is 8.10. The summed E-state index contributed by atoms with van der Waals surface area (Å²) < 4.78 is -0.0780. The van der Waals surface area contributed by atoms with Crippen LogP contribution in [0.3, 0.4) is 0 Å². The lowest BCUT2D eigenvalue weighted by molar-refractivity contribution is -0.138. The van der Waals surface area contributed by atoms with E-state index in [2.05, 4.69) is 15.9 Å². The molecule has 0 spiro atoms. The van der Waals surface area contributed by atoms with Gasteiger partial charge in [-0.05, 0) is 19.8 Å². The molecule has 1 unspecified atom stereocenters. The first kappa shape index (κ1) is 9.95. The number of carbonyl (C=O) groups is 1. The largest absolute Gasteiger partial charge is 0.481 e. The van der Waals surface area contributed by atoms with Crippen molar-refractivity contribution in [3.63, 3.8) is 0 Å². The van der Waals surface area contributed by atoms with E-state index in [9.17, 15) is 4.79 Å². The molecule has 0 aliphatic heterocycles. The Morgan fingerprint density at radius 3 is 2.20 bits per heavy atom. The number of halogens is 1. The first-order chi connectivity index (χ1) is 4.34. The van der Waals surface area contributed by atoms with Crippen molar-refractivity contribution in [3.8, 4) is 0 Å². The maximum atomic E-state index is 10.2. The third-order valence-corrected chi connectivity index (χ3v) is 2.43. The van der Waals surface area contributed by atoms with Crippen molar-refractivity contribution < 1.29 is 9.90 Å². The van der Waals surface area contributed by atoms with Crippen LogP contribution < -0.4 is 0 Å². The van der Waals surface area contributed by atoms with E-state index in [1.54, 1.807) is 0 Å². The Labute approximate surface area is 69.8 Å². The van der Waals surface area contributed by atoms with E-state index < -0.39 is 5.97 Å². The van der Waals surface area contributed by atoms with Crippen molar-refractivity contribution in [3.05, 3.63) is 0 Å². The Bertz CT molecular complexity index is 126. The van der Waals surface area contributed by atoms with Crippen molar-refractivity contribution in [2.75, 3.05) is 0 Å². The number of rotatable bonds is 3. The van der Waals surface area contributed by atoms with E-state index in [-0.39, 0.29) is 16.7 Å². The van der Waals surface area contributed by atoms with E-state index in [1.165, 1.54) is 0 Å². The predicted molar refractivity (Wildman–Crippen MR) is 44.4 cm³/mol. The van der Waals surface area contributed by atoms with Gasteiger partial charge in [0.25, 0.3) is 0 Å². The fraction of sp³-hybridized carbons (Fsp3) is 0.857. The van der Waals surface area contributed by atoms with Crippen LogP contribution in [0.15, 0.2) is 0 Å². The first-order valence-corrected chi connectivity index (χ1v) is 4.04. The summed E-state index contributed by atoms with van der Waals surface area (Å²) in [5.74, 6) is -0.579. The van der Waals surface area contributed by atoms with E-state index in [1.807, 2.05) is 20.8 Å². The summed E-state index contributed by atoms with van der Waals surface area (Å²) in [4.78, 5) is 10.2. The smallest absolute Gasteiger partial charge is 0.303 e. The molecule has 0 bridgehead atoms. The van der Waals surface area contributed by atoms with Gasteiger partial charge in [-0.1, -0.05) is 22.9 Å². The molecule has 0 amide bonds. The Morgan fingerprint density at radius 1 is 1.70 bits per heavy atom. The second-order valence-corrected chi connectivity index (χ2v) is 5.11. The lowest BCUT2D eigenvalue weighted by Crippen LogP contribution is -2.23. The Kier molecular flexibility index (Phi) is 3.36. The van der Waals surface area contributed by atoms with Crippen LogP contribution in [0.2, 0.25) is 0 Å². The highest BCUT2D eigenvalue weighted by Gasteiger charge is 2.23. The lowest BCUT2D eigenvalue weighted by atomic mass is 9.95. The molecule has 2 nitrogen and oxygen atoms in total. The molecular formula is C7H13BrO2. The first-order valence-electron chi connectivity index (χ1n) is 3.24. The van der Waals surface area contributed by atoms with Crippen molar-refractivity contribution in [2.45, 2.75) is 31.5 Å². The summed E-state index contributed by atoms with van der Waals surface area (Å²) in [6.07, 6.45) is 0.220. The minimum absolute atomic E-state index is 0.0780. The fourth-order valence-electron chi connectivity index (χ4n) is 0.505. The summed E-state index contributed by atoms with van der Waals surface area (Å²) >= 11 is 3.41. The molecular weight excluding hydrogens is 196 g/mol. The summed E-state index contributed by atoms with van der Waals surface area (Å²) in [6.45, 7) is 5.87. The highest BCUT2D eigenvalue weighted by molar-refractivity contribution is 9.10. The normalized spacial score (nSPS) is 14.8. The van der Waals surface area contributed by atoms with Gasteiger partial charge < -0.3 is 5.11 Å². The summed E-state index contributed by atoms with van der Waals surface area (Å²) in [5, 5.41) is 8.43. The van der Waals surface area contributed by atoms with Crippen molar-refractivity contribution in [1.82, 2.24) is 0 Å². The predicted octanol–water partition coefficient (Wildman–Crippen LogP) is 2.27. The Balaban J connectivity index is 3.85. The molecule has 0 aromatic carbocycles. The maximum Gasteiger partial charge on any atom is 0.303 e. The molecule has 0 aromatic heterocycles. The molecule has 0 fully saturated rings. The standard InChI is InChI=1S/C7H13BrO2/c1-5(4-6(9)10)7(2,3)8/h5H,4H2,1-3H3,(H,9,10). The molecule has 0 aromatic rings. The maximum absolute atomic E-state index is 10.2. The molecule has 10 heavy (non-hydrogen) atoms. The SMILES string of the molecule is CC(CC(=O)O)C(C)(C)Br. The van der Waals surface area contributed by atoms with Gasteiger partial charge in [0, 0.05) is 10.7 Å². The van der Waals surface area contributed by atoms with Gasteiger partial charge in [0.15, 0.2) is 0 Å². The molecule has 60 valence electrons. The minimum Gasteiger partial charge on any atom is -0.481 e. The number of carboxylic acid groups (broad SMARTS) is 1. The molecule has 0 aliphatic rings. The van der Waals surface area contributed by atoms with E-state index in [4.69, 9.17) is 5.11 Å². The third kappa shape index (κ3) is 3.88. The molecule has 1 atom stereocenters. The molecule has 0 radical (unpaired) electrons. The Morgan fingerprint density at radius 2 is 2.10 bits per heavy atom. The van der Waals surface area contributed by atoms with E-state index in [0.29, 0.717) is 0 Å². The summed E-state index contributed by atoms with van der Waals surface area (Å²) in [7, 11) is 0. The van der Waals surface area contributed by atoms with Gasteiger partial charge in [-0.25, -0.2) is 0 Å². The van der Waals surface area contributed by atoms with E-state index in [0.717, 1.165) is 0 Å². The zero-order chi connectivity index (χ0) is 8.36. The highest BCUT2D eigenvalue weighted by atomic mass is 79.9. The van der Waals surface area contributed by atoms with Crippen LogP contribution in [0.1, 0.15) is 27.2 Å². The molecule has 1 N–H and O–H groups in total. The van der Waals surface area contributed by atoms with Crippen molar-refractivity contribution in [1.29, 1.82) is 0 Å². The van der Waals surface area contributed by atoms with Crippen molar-refractivity contribution in [2.24, 2.45) is 5.92 Å². The zero-order valence-electron chi connectivity index (χ0n) is 6.52. The van der Waals surface area contributed by atoms with Gasteiger partial charge in [-0.15, -0.1) is 0 Å². The van der Waals surface area contributed by atoms with Crippen LogP contribution in [0, 0.1) is 5.92 Å². The van der Waals surface area contributed by atoms with Gasteiger partial charge >= 0.3 is 5.97 Å². The van der Waals surface area contributed by atoms with Gasteiger partial charge in [-0.2, -0.15) is 0 Å². The van der Waals surface area contributed by atoms with Crippen LogP contribution >= 0.6 is 15.9 Å². The molecule has 3 heteroatoms. The monoisotopic (exact) mass is 208 g/mol. The minimum atomic E-state index is -0.736. The third-order valence-electron chi connectivity index (χ3n) is 1.65. The van der Waals surface area contributed by atoms with Gasteiger partial charge in [0.05, 0.1) is 0 Å².